The van der Waals surface area contributed by atoms with E-state index in [-0.39, 0.29) is 17.2 Å². The average molecular weight is 392 g/mol. The number of halogens is 2. The van der Waals surface area contributed by atoms with Gasteiger partial charge in [-0.05, 0) is 35.9 Å². The number of rotatable bonds is 5. The van der Waals surface area contributed by atoms with E-state index in [4.69, 9.17) is 4.74 Å². The van der Waals surface area contributed by atoms with Gasteiger partial charge < -0.3 is 4.74 Å². The number of hydrogen-bond donors (Lipinski definition) is 0. The highest BCUT2D eigenvalue weighted by molar-refractivity contribution is 6.11. The molecule has 0 atom stereocenters. The molecule has 2 aromatic carbocycles. The predicted octanol–water partition coefficient (Wildman–Crippen LogP) is 3.51. The van der Waals surface area contributed by atoms with Gasteiger partial charge in [-0.2, -0.15) is 0 Å². The average Bonchev–Trinajstić information content (AvgIpc) is 3.31. The van der Waals surface area contributed by atoms with Gasteiger partial charge in [-0.3, -0.25) is 0 Å². The van der Waals surface area contributed by atoms with Crippen molar-refractivity contribution in [2.45, 2.75) is 6.54 Å². The van der Waals surface area contributed by atoms with Crippen LogP contribution in [0.25, 0.3) is 6.08 Å². The summed E-state index contributed by atoms with van der Waals surface area (Å²) >= 11 is 0. The lowest BCUT2D eigenvalue weighted by Crippen LogP contribution is -2.06. The van der Waals surface area contributed by atoms with Crippen LogP contribution < -0.4 is 0 Å². The van der Waals surface area contributed by atoms with E-state index in [1.54, 1.807) is 23.0 Å². The zero-order valence-corrected chi connectivity index (χ0v) is 15.0. The van der Waals surface area contributed by atoms with Crippen LogP contribution in [-0.2, 0) is 16.1 Å². The molecule has 6 nitrogen and oxygen atoms in total. The normalized spacial score (nSPS) is 15.2. The Morgan fingerprint density at radius 2 is 1.90 bits per heavy atom. The molecule has 0 spiro atoms. The summed E-state index contributed by atoms with van der Waals surface area (Å²) in [5, 5.41) is 8.10. The summed E-state index contributed by atoms with van der Waals surface area (Å²) in [6.45, 7) is 0.594. The summed E-state index contributed by atoms with van der Waals surface area (Å²) in [7, 11) is 0. The van der Waals surface area contributed by atoms with Gasteiger partial charge in [-0.25, -0.2) is 23.2 Å². The van der Waals surface area contributed by atoms with Crippen molar-refractivity contribution in [2.24, 2.45) is 4.99 Å². The van der Waals surface area contributed by atoms with Gasteiger partial charge in [-0.15, -0.1) is 5.10 Å². The number of nitrogens with zero attached hydrogens (tertiary/aromatic N) is 4. The molecule has 1 aliphatic rings. The molecule has 1 aliphatic heterocycles. The number of aromatic nitrogens is 3. The summed E-state index contributed by atoms with van der Waals surface area (Å²) in [5.74, 6) is -2.79. The first-order valence-electron chi connectivity index (χ1n) is 8.67. The van der Waals surface area contributed by atoms with Crippen LogP contribution in [0, 0.1) is 11.6 Å². The summed E-state index contributed by atoms with van der Waals surface area (Å²) in [5.41, 5.74) is 1.92. The van der Waals surface area contributed by atoms with Crippen molar-refractivity contribution in [3.63, 3.8) is 0 Å². The van der Waals surface area contributed by atoms with Crippen LogP contribution in [0.4, 0.5) is 8.78 Å². The van der Waals surface area contributed by atoms with Crippen LogP contribution in [-0.4, -0.2) is 26.9 Å². The molecule has 0 amide bonds. The summed E-state index contributed by atoms with van der Waals surface area (Å²) < 4.78 is 33.1. The van der Waals surface area contributed by atoms with E-state index >= 15 is 0 Å². The molecule has 8 heteroatoms. The Balaban J connectivity index is 1.45. The summed E-state index contributed by atoms with van der Waals surface area (Å²) in [6, 6.07) is 13.0. The maximum absolute atomic E-state index is 13.3. The second-order valence-corrected chi connectivity index (χ2v) is 6.17. The van der Waals surface area contributed by atoms with Crippen molar-refractivity contribution in [3.8, 4) is 0 Å². The highest BCUT2D eigenvalue weighted by Crippen LogP contribution is 2.18. The van der Waals surface area contributed by atoms with Crippen molar-refractivity contribution in [2.75, 3.05) is 0 Å². The maximum Gasteiger partial charge on any atom is 0.363 e. The Morgan fingerprint density at radius 1 is 1.07 bits per heavy atom. The van der Waals surface area contributed by atoms with E-state index in [0.29, 0.717) is 12.2 Å². The van der Waals surface area contributed by atoms with E-state index in [2.05, 4.69) is 15.3 Å². The van der Waals surface area contributed by atoms with E-state index < -0.39 is 17.6 Å². The molecule has 0 fully saturated rings. The van der Waals surface area contributed by atoms with Crippen LogP contribution in [0.2, 0.25) is 0 Å². The third-order valence-corrected chi connectivity index (χ3v) is 4.05. The highest BCUT2D eigenvalue weighted by Gasteiger charge is 2.24. The lowest BCUT2D eigenvalue weighted by Gasteiger charge is -1.99. The smallest absolute Gasteiger partial charge is 0.363 e. The zero-order valence-electron chi connectivity index (χ0n) is 15.0. The first kappa shape index (κ1) is 18.4. The van der Waals surface area contributed by atoms with Crippen LogP contribution >= 0.6 is 0 Å². The summed E-state index contributed by atoms with van der Waals surface area (Å²) in [4.78, 5) is 15.9. The largest absolute Gasteiger partial charge is 0.402 e. The lowest BCUT2D eigenvalue weighted by molar-refractivity contribution is -0.130. The number of hydrogen-bond acceptors (Lipinski definition) is 5. The van der Waals surface area contributed by atoms with Gasteiger partial charge >= 0.3 is 5.97 Å². The van der Waals surface area contributed by atoms with Gasteiger partial charge in [0.1, 0.15) is 5.69 Å². The van der Waals surface area contributed by atoms with Gasteiger partial charge in [-0.1, -0.05) is 41.6 Å². The highest BCUT2D eigenvalue weighted by atomic mass is 19.2. The third-order valence-electron chi connectivity index (χ3n) is 4.05. The molecule has 29 heavy (non-hydrogen) atoms. The SMILES string of the molecule is O=C1OC(c2ccc(F)c(F)c2)=NC1=CC=Cc1cn(Cc2ccccc2)nn1. The molecule has 2 heterocycles. The fourth-order valence-corrected chi connectivity index (χ4v) is 2.65. The van der Waals surface area contributed by atoms with Gasteiger partial charge in [0.15, 0.2) is 17.3 Å². The standard InChI is InChI=1S/C21H14F2N4O2/c22-17-10-9-15(11-18(17)23)20-24-19(21(28)29-20)8-4-7-16-13-27(26-25-16)12-14-5-2-1-3-6-14/h1-11,13H,12H2. The minimum Gasteiger partial charge on any atom is -0.402 e. The molecular weight excluding hydrogens is 378 g/mol. The monoisotopic (exact) mass is 392 g/mol. The van der Waals surface area contributed by atoms with Crippen LogP contribution in [0.3, 0.4) is 0 Å². The zero-order chi connectivity index (χ0) is 20.2. The number of allylic oxidation sites excluding steroid dienone is 2. The van der Waals surface area contributed by atoms with Crippen molar-refractivity contribution >= 4 is 17.9 Å². The van der Waals surface area contributed by atoms with Gasteiger partial charge in [0.25, 0.3) is 0 Å². The van der Waals surface area contributed by atoms with Gasteiger partial charge in [0.2, 0.25) is 5.90 Å². The Bertz CT molecular complexity index is 1150. The number of carbonyl (C=O) groups excluding carboxylic acids is 1. The van der Waals surface area contributed by atoms with Crippen molar-refractivity contribution in [1.82, 2.24) is 15.0 Å². The molecule has 1 aromatic heterocycles. The number of esters is 1. The van der Waals surface area contributed by atoms with Crippen molar-refractivity contribution in [1.29, 1.82) is 0 Å². The number of benzene rings is 2. The van der Waals surface area contributed by atoms with Gasteiger partial charge in [0, 0.05) is 5.56 Å². The fourth-order valence-electron chi connectivity index (χ4n) is 2.65. The fraction of sp³-hybridized carbons (Fsp3) is 0.0476. The lowest BCUT2D eigenvalue weighted by atomic mass is 10.2. The second-order valence-electron chi connectivity index (χ2n) is 6.17. The Hall–Kier alpha value is -3.94. The molecule has 0 unspecified atom stereocenters. The van der Waals surface area contributed by atoms with Crippen molar-refractivity contribution in [3.05, 3.63) is 101 Å². The molecule has 144 valence electrons. The van der Waals surface area contributed by atoms with Crippen LogP contribution in [0.5, 0.6) is 0 Å². The molecule has 4 rings (SSSR count). The molecule has 0 bridgehead atoms. The first-order chi connectivity index (χ1) is 14.1. The Morgan fingerprint density at radius 3 is 2.69 bits per heavy atom. The number of aliphatic imine (C=N–C) groups is 1. The van der Waals surface area contributed by atoms with E-state index in [9.17, 15) is 13.6 Å². The molecule has 0 radical (unpaired) electrons. The summed E-state index contributed by atoms with van der Waals surface area (Å²) in [6.07, 6.45) is 6.47. The number of cyclic esters (lactones) is 1. The van der Waals surface area contributed by atoms with E-state index in [0.717, 1.165) is 17.7 Å². The predicted molar refractivity (Wildman–Crippen MR) is 102 cm³/mol. The molecule has 0 N–H and O–H groups in total. The maximum atomic E-state index is 13.3. The molecule has 0 saturated heterocycles. The van der Waals surface area contributed by atoms with Gasteiger partial charge in [0.05, 0.1) is 12.7 Å². The van der Waals surface area contributed by atoms with Crippen LogP contribution in [0.1, 0.15) is 16.8 Å². The third kappa shape index (κ3) is 4.32. The van der Waals surface area contributed by atoms with Crippen LogP contribution in [0.15, 0.2) is 77.6 Å². The molecular formula is C21H14F2N4O2. The topological polar surface area (TPSA) is 69.4 Å². The minimum atomic E-state index is -1.04. The second kappa shape index (κ2) is 7.97. The number of carbonyl (C=O) groups is 1. The quantitative estimate of drug-likeness (QED) is 0.492. The number of ether oxygens (including phenoxy) is 1. The van der Waals surface area contributed by atoms with E-state index in [1.807, 2.05) is 30.3 Å². The van der Waals surface area contributed by atoms with E-state index in [1.165, 1.54) is 12.1 Å². The molecule has 3 aromatic rings. The first-order valence-corrected chi connectivity index (χ1v) is 8.67. The minimum absolute atomic E-state index is 0.0395. The molecule has 0 saturated carbocycles. The molecule has 0 aliphatic carbocycles. The van der Waals surface area contributed by atoms with Crippen molar-refractivity contribution < 1.29 is 18.3 Å². The Kier molecular flexibility index (Phi) is 5.07. The Labute approximate surface area is 164 Å².